The molecule has 0 aliphatic heterocycles. The SMILES string of the molecule is CCCc1ncc(-c2nnc(N)s2)s1. The van der Waals surface area contributed by atoms with Crippen LogP contribution in [0.4, 0.5) is 5.13 Å². The predicted octanol–water partition coefficient (Wildman–Crippen LogP) is 2.20. The lowest BCUT2D eigenvalue weighted by molar-refractivity contribution is 0.909. The van der Waals surface area contributed by atoms with Gasteiger partial charge in [0.15, 0.2) is 5.01 Å². The van der Waals surface area contributed by atoms with Crippen LogP contribution in [0.1, 0.15) is 18.4 Å². The van der Waals surface area contributed by atoms with Gasteiger partial charge in [-0.15, -0.1) is 21.5 Å². The molecule has 74 valence electrons. The lowest BCUT2D eigenvalue weighted by Crippen LogP contribution is -1.79. The Kier molecular flexibility index (Phi) is 2.74. The van der Waals surface area contributed by atoms with Gasteiger partial charge in [-0.3, -0.25) is 0 Å². The molecule has 4 nitrogen and oxygen atoms in total. The Bertz CT molecular complexity index is 420. The molecule has 0 aliphatic carbocycles. The zero-order chi connectivity index (χ0) is 9.97. The average Bonchev–Trinajstić information content (AvgIpc) is 2.74. The Balaban J connectivity index is 2.24. The minimum atomic E-state index is 0.505. The molecule has 6 heteroatoms. The maximum absolute atomic E-state index is 5.51. The number of rotatable bonds is 3. The molecule has 0 aromatic carbocycles. The molecule has 14 heavy (non-hydrogen) atoms. The third-order valence-corrected chi connectivity index (χ3v) is 3.65. The van der Waals surface area contributed by atoms with Gasteiger partial charge in [-0.25, -0.2) is 4.98 Å². The van der Waals surface area contributed by atoms with E-state index in [9.17, 15) is 0 Å². The van der Waals surface area contributed by atoms with Gasteiger partial charge in [0.2, 0.25) is 5.13 Å². The number of thiazole rings is 1. The molecular formula is C8H10N4S2. The van der Waals surface area contributed by atoms with Crippen LogP contribution in [0.2, 0.25) is 0 Å². The van der Waals surface area contributed by atoms with Crippen molar-refractivity contribution in [3.63, 3.8) is 0 Å². The smallest absolute Gasteiger partial charge is 0.203 e. The van der Waals surface area contributed by atoms with Gasteiger partial charge in [0, 0.05) is 6.20 Å². The number of aromatic nitrogens is 3. The minimum absolute atomic E-state index is 0.505. The van der Waals surface area contributed by atoms with Crippen LogP contribution in [0.5, 0.6) is 0 Å². The average molecular weight is 226 g/mol. The molecule has 0 aliphatic rings. The Morgan fingerprint density at radius 1 is 1.36 bits per heavy atom. The number of aryl methyl sites for hydroxylation is 1. The number of nitrogens with zero attached hydrogens (tertiary/aromatic N) is 3. The highest BCUT2D eigenvalue weighted by Gasteiger charge is 2.08. The van der Waals surface area contributed by atoms with E-state index in [1.807, 2.05) is 6.20 Å². The first-order valence-corrected chi connectivity index (χ1v) is 5.97. The van der Waals surface area contributed by atoms with Crippen molar-refractivity contribution in [2.24, 2.45) is 0 Å². The summed E-state index contributed by atoms with van der Waals surface area (Å²) in [4.78, 5) is 5.37. The molecule has 0 unspecified atom stereocenters. The monoisotopic (exact) mass is 226 g/mol. The Morgan fingerprint density at radius 2 is 2.21 bits per heavy atom. The molecule has 0 saturated heterocycles. The summed E-state index contributed by atoms with van der Waals surface area (Å²) in [6.07, 6.45) is 3.99. The van der Waals surface area contributed by atoms with Crippen molar-refractivity contribution < 1.29 is 0 Å². The van der Waals surface area contributed by atoms with Gasteiger partial charge in [0.1, 0.15) is 0 Å². The van der Waals surface area contributed by atoms with Gasteiger partial charge in [-0.1, -0.05) is 18.3 Å². The van der Waals surface area contributed by atoms with E-state index >= 15 is 0 Å². The van der Waals surface area contributed by atoms with Crippen molar-refractivity contribution in [3.05, 3.63) is 11.2 Å². The molecule has 0 fully saturated rings. The van der Waals surface area contributed by atoms with Gasteiger partial charge in [0.25, 0.3) is 0 Å². The molecule has 2 aromatic heterocycles. The van der Waals surface area contributed by atoms with Crippen LogP contribution in [0.15, 0.2) is 6.20 Å². The summed E-state index contributed by atoms with van der Waals surface area (Å²) in [7, 11) is 0. The second-order valence-electron chi connectivity index (χ2n) is 2.81. The fraction of sp³-hybridized carbons (Fsp3) is 0.375. The number of hydrogen-bond donors (Lipinski definition) is 1. The zero-order valence-electron chi connectivity index (χ0n) is 7.73. The lowest BCUT2D eigenvalue weighted by atomic mass is 10.4. The fourth-order valence-electron chi connectivity index (χ4n) is 1.07. The first-order valence-electron chi connectivity index (χ1n) is 4.33. The largest absolute Gasteiger partial charge is 0.374 e. The Morgan fingerprint density at radius 3 is 2.86 bits per heavy atom. The molecule has 0 spiro atoms. The van der Waals surface area contributed by atoms with Gasteiger partial charge in [-0.05, 0) is 12.8 Å². The highest BCUT2D eigenvalue weighted by molar-refractivity contribution is 7.23. The normalized spacial score (nSPS) is 10.6. The molecule has 2 heterocycles. The maximum Gasteiger partial charge on any atom is 0.203 e. The Labute approximate surface area is 89.8 Å². The number of anilines is 1. The molecule has 0 bridgehead atoms. The standard InChI is InChI=1S/C8H10N4S2/c1-2-3-6-10-4-5(13-6)7-11-12-8(9)14-7/h4H,2-3H2,1H3,(H2,9,12). The van der Waals surface area contributed by atoms with Crippen molar-refractivity contribution in [2.75, 3.05) is 5.73 Å². The maximum atomic E-state index is 5.51. The van der Waals surface area contributed by atoms with Crippen molar-refractivity contribution in [1.82, 2.24) is 15.2 Å². The summed E-state index contributed by atoms with van der Waals surface area (Å²) in [6, 6.07) is 0. The number of hydrogen-bond acceptors (Lipinski definition) is 6. The highest BCUT2D eigenvalue weighted by atomic mass is 32.1. The Hall–Kier alpha value is -1.01. The minimum Gasteiger partial charge on any atom is -0.374 e. The van der Waals surface area contributed by atoms with Crippen molar-refractivity contribution in [3.8, 4) is 9.88 Å². The second-order valence-corrected chi connectivity index (χ2v) is 4.94. The van der Waals surface area contributed by atoms with Gasteiger partial charge in [0.05, 0.1) is 9.88 Å². The van der Waals surface area contributed by atoms with E-state index in [4.69, 9.17) is 5.73 Å². The van der Waals surface area contributed by atoms with E-state index in [-0.39, 0.29) is 0 Å². The highest BCUT2D eigenvalue weighted by Crippen LogP contribution is 2.29. The van der Waals surface area contributed by atoms with Crippen molar-refractivity contribution in [1.29, 1.82) is 0 Å². The molecule has 2 rings (SSSR count). The van der Waals surface area contributed by atoms with E-state index in [0.29, 0.717) is 5.13 Å². The zero-order valence-corrected chi connectivity index (χ0v) is 9.36. The molecule has 0 atom stereocenters. The van der Waals surface area contributed by atoms with Crippen LogP contribution < -0.4 is 5.73 Å². The summed E-state index contributed by atoms with van der Waals surface area (Å²) >= 11 is 3.06. The van der Waals surface area contributed by atoms with Crippen LogP contribution in [-0.4, -0.2) is 15.2 Å². The van der Waals surface area contributed by atoms with E-state index in [1.54, 1.807) is 11.3 Å². The van der Waals surface area contributed by atoms with E-state index in [0.717, 1.165) is 27.7 Å². The van der Waals surface area contributed by atoms with Crippen LogP contribution in [0, 0.1) is 0 Å². The molecular weight excluding hydrogens is 216 g/mol. The molecule has 2 N–H and O–H groups in total. The van der Waals surface area contributed by atoms with Crippen molar-refractivity contribution in [2.45, 2.75) is 19.8 Å². The quantitative estimate of drug-likeness (QED) is 0.871. The first-order chi connectivity index (χ1) is 6.79. The second kappa shape index (κ2) is 4.02. The lowest BCUT2D eigenvalue weighted by Gasteiger charge is -1.86. The van der Waals surface area contributed by atoms with Crippen LogP contribution in [-0.2, 0) is 6.42 Å². The summed E-state index contributed by atoms with van der Waals surface area (Å²) in [6.45, 7) is 2.14. The van der Waals surface area contributed by atoms with Gasteiger partial charge >= 0.3 is 0 Å². The van der Waals surface area contributed by atoms with E-state index in [2.05, 4.69) is 22.1 Å². The summed E-state index contributed by atoms with van der Waals surface area (Å²) in [5, 5.41) is 10.3. The van der Waals surface area contributed by atoms with E-state index in [1.165, 1.54) is 11.3 Å². The third kappa shape index (κ3) is 1.91. The summed E-state index contributed by atoms with van der Waals surface area (Å²) in [5.74, 6) is 0. The van der Waals surface area contributed by atoms with Crippen LogP contribution in [0.3, 0.4) is 0 Å². The summed E-state index contributed by atoms with van der Waals surface area (Å²) in [5.41, 5.74) is 5.51. The van der Waals surface area contributed by atoms with Gasteiger partial charge in [-0.2, -0.15) is 0 Å². The molecule has 0 radical (unpaired) electrons. The predicted molar refractivity (Wildman–Crippen MR) is 59.4 cm³/mol. The van der Waals surface area contributed by atoms with Crippen LogP contribution >= 0.6 is 22.7 Å². The van der Waals surface area contributed by atoms with Crippen molar-refractivity contribution >= 4 is 27.8 Å². The molecule has 2 aromatic rings. The fourth-order valence-corrected chi connectivity index (χ4v) is 2.74. The number of nitrogens with two attached hydrogens (primary N) is 1. The first kappa shape index (κ1) is 9.54. The van der Waals surface area contributed by atoms with Crippen LogP contribution in [0.25, 0.3) is 9.88 Å². The molecule has 0 saturated carbocycles. The summed E-state index contributed by atoms with van der Waals surface area (Å²) < 4.78 is 0. The molecule has 0 amide bonds. The third-order valence-electron chi connectivity index (χ3n) is 1.67. The number of nitrogen functional groups attached to an aromatic ring is 1. The van der Waals surface area contributed by atoms with Gasteiger partial charge < -0.3 is 5.73 Å². The topological polar surface area (TPSA) is 64.7 Å². The van der Waals surface area contributed by atoms with E-state index < -0.39 is 0 Å².